The quantitative estimate of drug-likeness (QED) is 0.668. The number of rotatable bonds is 7. The van der Waals surface area contributed by atoms with Crippen LogP contribution >= 0.6 is 0 Å². The van der Waals surface area contributed by atoms with Crippen molar-refractivity contribution < 1.29 is 14.3 Å². The highest BCUT2D eigenvalue weighted by Crippen LogP contribution is 2.27. The Bertz CT molecular complexity index is 928. The first-order chi connectivity index (χ1) is 13.2. The van der Waals surface area contributed by atoms with Crippen LogP contribution < -0.4 is 20.1 Å². The first-order valence-electron chi connectivity index (χ1n) is 8.48. The van der Waals surface area contributed by atoms with Crippen molar-refractivity contribution in [3.05, 3.63) is 78.0 Å². The molecule has 0 spiro atoms. The molecule has 1 aromatic heterocycles. The minimum Gasteiger partial charge on any atom is -0.496 e. The molecule has 2 aromatic carbocycles. The second-order valence-electron chi connectivity index (χ2n) is 5.72. The number of anilines is 2. The molecular formula is C21H21N3O3. The normalized spacial score (nSPS) is 10.1. The molecule has 1 heterocycles. The summed E-state index contributed by atoms with van der Waals surface area (Å²) in [7, 11) is 3.21. The van der Waals surface area contributed by atoms with Gasteiger partial charge >= 0.3 is 0 Å². The van der Waals surface area contributed by atoms with Crippen molar-refractivity contribution >= 4 is 17.4 Å². The molecule has 1 amide bonds. The molecule has 3 rings (SSSR count). The van der Waals surface area contributed by atoms with E-state index in [4.69, 9.17) is 9.47 Å². The lowest BCUT2D eigenvalue weighted by Gasteiger charge is -2.14. The molecule has 0 aliphatic carbocycles. The summed E-state index contributed by atoms with van der Waals surface area (Å²) in [4.78, 5) is 17.0. The van der Waals surface area contributed by atoms with Gasteiger partial charge in [-0.05, 0) is 30.3 Å². The van der Waals surface area contributed by atoms with Crippen LogP contribution in [0.15, 0.2) is 66.9 Å². The average molecular weight is 363 g/mol. The Morgan fingerprint density at radius 1 is 0.926 bits per heavy atom. The van der Waals surface area contributed by atoms with Crippen molar-refractivity contribution in [2.75, 3.05) is 19.5 Å². The minimum atomic E-state index is -0.230. The van der Waals surface area contributed by atoms with E-state index in [-0.39, 0.29) is 5.91 Å². The molecule has 0 saturated carbocycles. The first-order valence-corrected chi connectivity index (χ1v) is 8.48. The number of para-hydroxylation sites is 3. The Balaban J connectivity index is 1.78. The fourth-order valence-corrected chi connectivity index (χ4v) is 2.68. The van der Waals surface area contributed by atoms with Crippen LogP contribution in [0.2, 0.25) is 0 Å². The second-order valence-corrected chi connectivity index (χ2v) is 5.72. The maximum atomic E-state index is 12.7. The molecule has 0 saturated heterocycles. The molecule has 6 nitrogen and oxygen atoms in total. The average Bonchev–Trinajstić information content (AvgIpc) is 2.73. The van der Waals surface area contributed by atoms with Gasteiger partial charge in [0.15, 0.2) is 0 Å². The summed E-state index contributed by atoms with van der Waals surface area (Å²) < 4.78 is 10.7. The molecule has 0 aliphatic rings. The lowest BCUT2D eigenvalue weighted by Crippen LogP contribution is -2.24. The van der Waals surface area contributed by atoms with Gasteiger partial charge < -0.3 is 20.1 Å². The number of methoxy groups -OCH3 is 2. The number of benzene rings is 2. The largest absolute Gasteiger partial charge is 0.496 e. The van der Waals surface area contributed by atoms with Crippen molar-refractivity contribution in [3.63, 3.8) is 0 Å². The molecule has 0 unspecified atom stereocenters. The highest BCUT2D eigenvalue weighted by molar-refractivity contribution is 5.99. The molecule has 3 aromatic rings. The van der Waals surface area contributed by atoms with Crippen molar-refractivity contribution in [1.29, 1.82) is 0 Å². The number of pyridine rings is 1. The van der Waals surface area contributed by atoms with Gasteiger partial charge in [-0.1, -0.05) is 30.3 Å². The summed E-state index contributed by atoms with van der Waals surface area (Å²) >= 11 is 0. The number of hydrogen-bond donors (Lipinski definition) is 2. The number of carbonyl (C=O) groups is 1. The second kappa shape index (κ2) is 8.71. The minimum absolute atomic E-state index is 0.230. The van der Waals surface area contributed by atoms with Gasteiger partial charge in [-0.2, -0.15) is 0 Å². The summed E-state index contributed by atoms with van der Waals surface area (Å²) in [6, 6.07) is 18.5. The summed E-state index contributed by atoms with van der Waals surface area (Å²) in [6.45, 7) is 0.353. The van der Waals surface area contributed by atoms with Gasteiger partial charge in [0.1, 0.15) is 17.3 Å². The van der Waals surface area contributed by atoms with E-state index in [1.54, 1.807) is 32.5 Å². The Kier molecular flexibility index (Phi) is 5.89. The lowest BCUT2D eigenvalue weighted by atomic mass is 10.2. The van der Waals surface area contributed by atoms with E-state index >= 15 is 0 Å². The third-order valence-corrected chi connectivity index (χ3v) is 4.04. The number of nitrogens with zero attached hydrogens (tertiary/aromatic N) is 1. The van der Waals surface area contributed by atoms with Crippen LogP contribution in [-0.4, -0.2) is 25.1 Å². The fourth-order valence-electron chi connectivity index (χ4n) is 2.68. The molecule has 6 heteroatoms. The number of nitrogens with one attached hydrogen (secondary N) is 2. The van der Waals surface area contributed by atoms with E-state index in [9.17, 15) is 4.79 Å². The molecule has 27 heavy (non-hydrogen) atoms. The molecule has 0 aliphatic heterocycles. The molecule has 2 N–H and O–H groups in total. The first kappa shape index (κ1) is 18.3. The monoisotopic (exact) mass is 363 g/mol. The van der Waals surface area contributed by atoms with Gasteiger partial charge in [0.2, 0.25) is 0 Å². The third-order valence-electron chi connectivity index (χ3n) is 4.04. The van der Waals surface area contributed by atoms with Crippen molar-refractivity contribution in [3.8, 4) is 11.5 Å². The molecule has 0 radical (unpaired) electrons. The summed E-state index contributed by atoms with van der Waals surface area (Å²) in [5.41, 5.74) is 2.08. The van der Waals surface area contributed by atoms with E-state index in [1.807, 2.05) is 48.5 Å². The van der Waals surface area contributed by atoms with Crippen LogP contribution in [0, 0.1) is 0 Å². The third kappa shape index (κ3) is 4.36. The van der Waals surface area contributed by atoms with Crippen LogP contribution in [-0.2, 0) is 6.54 Å². The van der Waals surface area contributed by atoms with Gasteiger partial charge in [-0.15, -0.1) is 0 Å². The predicted octanol–water partition coefficient (Wildman–Crippen LogP) is 3.77. The van der Waals surface area contributed by atoms with Crippen molar-refractivity contribution in [1.82, 2.24) is 10.3 Å². The van der Waals surface area contributed by atoms with Crippen LogP contribution in [0.3, 0.4) is 0 Å². The van der Waals surface area contributed by atoms with Gasteiger partial charge in [0.05, 0.1) is 25.5 Å². The maximum Gasteiger partial charge on any atom is 0.255 e. The zero-order valence-corrected chi connectivity index (χ0v) is 15.2. The standard InChI is InChI=1S/C21H21N3O3/c1-26-18-11-5-3-8-15(18)14-23-21(25)16-9-7-13-22-20(16)24-17-10-4-6-12-19(17)27-2/h3-13H,14H2,1-2H3,(H,22,24)(H,23,25). The van der Waals surface area contributed by atoms with E-state index < -0.39 is 0 Å². The fraction of sp³-hybridized carbons (Fsp3) is 0.143. The number of ether oxygens (including phenoxy) is 2. The maximum absolute atomic E-state index is 12.7. The number of amides is 1. The van der Waals surface area contributed by atoms with E-state index in [0.29, 0.717) is 23.7 Å². The Hall–Kier alpha value is -3.54. The van der Waals surface area contributed by atoms with Crippen molar-refractivity contribution in [2.24, 2.45) is 0 Å². The van der Waals surface area contributed by atoms with Gasteiger partial charge in [-0.3, -0.25) is 4.79 Å². The van der Waals surface area contributed by atoms with E-state index in [0.717, 1.165) is 17.0 Å². The number of hydrogen-bond acceptors (Lipinski definition) is 5. The smallest absolute Gasteiger partial charge is 0.255 e. The molecule has 0 bridgehead atoms. The van der Waals surface area contributed by atoms with Gasteiger partial charge in [0, 0.05) is 18.3 Å². The summed E-state index contributed by atoms with van der Waals surface area (Å²) in [5, 5.41) is 6.09. The Morgan fingerprint density at radius 2 is 1.63 bits per heavy atom. The Labute approximate surface area is 158 Å². The highest BCUT2D eigenvalue weighted by Gasteiger charge is 2.14. The van der Waals surface area contributed by atoms with Crippen LogP contribution in [0.4, 0.5) is 11.5 Å². The van der Waals surface area contributed by atoms with Crippen LogP contribution in [0.25, 0.3) is 0 Å². The van der Waals surface area contributed by atoms with Crippen molar-refractivity contribution in [2.45, 2.75) is 6.54 Å². The lowest BCUT2D eigenvalue weighted by molar-refractivity contribution is 0.0951. The van der Waals surface area contributed by atoms with Gasteiger partial charge in [0.25, 0.3) is 5.91 Å². The topological polar surface area (TPSA) is 72.5 Å². The van der Waals surface area contributed by atoms with Crippen LogP contribution in [0.5, 0.6) is 11.5 Å². The zero-order chi connectivity index (χ0) is 19.1. The zero-order valence-electron chi connectivity index (χ0n) is 15.2. The predicted molar refractivity (Wildman–Crippen MR) is 105 cm³/mol. The number of aromatic nitrogens is 1. The van der Waals surface area contributed by atoms with E-state index in [2.05, 4.69) is 15.6 Å². The SMILES string of the molecule is COc1ccccc1CNC(=O)c1cccnc1Nc1ccccc1OC. The highest BCUT2D eigenvalue weighted by atomic mass is 16.5. The molecular weight excluding hydrogens is 342 g/mol. The van der Waals surface area contributed by atoms with Crippen LogP contribution in [0.1, 0.15) is 15.9 Å². The summed E-state index contributed by atoms with van der Waals surface area (Å²) in [5.74, 6) is 1.63. The number of carbonyl (C=O) groups excluding carboxylic acids is 1. The summed E-state index contributed by atoms with van der Waals surface area (Å²) in [6.07, 6.45) is 1.63. The molecule has 0 fully saturated rings. The van der Waals surface area contributed by atoms with Gasteiger partial charge in [-0.25, -0.2) is 4.98 Å². The molecule has 0 atom stereocenters. The Morgan fingerprint density at radius 3 is 2.41 bits per heavy atom. The van der Waals surface area contributed by atoms with E-state index in [1.165, 1.54) is 0 Å². The molecule has 138 valence electrons.